The van der Waals surface area contributed by atoms with Crippen LogP contribution in [0.3, 0.4) is 0 Å². The lowest BCUT2D eigenvalue weighted by atomic mass is 10.2. The third-order valence-electron chi connectivity index (χ3n) is 2.62. The molecule has 0 aromatic heterocycles. The second-order valence-electron chi connectivity index (χ2n) is 4.33. The Labute approximate surface area is 114 Å². The van der Waals surface area contributed by atoms with Crippen LogP contribution in [0.25, 0.3) is 0 Å². The number of methoxy groups -OCH3 is 1. The van der Waals surface area contributed by atoms with Gasteiger partial charge in [0, 0.05) is 6.61 Å². The lowest BCUT2D eigenvalue weighted by Crippen LogP contribution is -2.16. The molecule has 0 saturated heterocycles. The normalized spacial score (nSPS) is 11.5. The van der Waals surface area contributed by atoms with Gasteiger partial charge in [0.05, 0.1) is 19.5 Å². The third-order valence-corrected chi connectivity index (χ3v) is 3.48. The fourth-order valence-corrected chi connectivity index (χ4v) is 2.24. The number of ether oxygens (including phenoxy) is 2. The molecule has 2 N–H and O–H groups in total. The van der Waals surface area contributed by atoms with Crippen LogP contribution in [0.4, 0.5) is 0 Å². The Kier molecular flexibility index (Phi) is 6.83. The molecule has 0 heterocycles. The molecule has 5 nitrogen and oxygen atoms in total. The first kappa shape index (κ1) is 15.9. The van der Waals surface area contributed by atoms with E-state index in [9.17, 15) is 8.42 Å². The SMILES string of the molecule is COc1cccc(COCCCCCS(N)(=O)=O)c1. The van der Waals surface area contributed by atoms with Crippen molar-refractivity contribution in [2.24, 2.45) is 5.14 Å². The zero-order chi connectivity index (χ0) is 14.1. The van der Waals surface area contributed by atoms with E-state index in [4.69, 9.17) is 14.6 Å². The first-order chi connectivity index (χ1) is 9.01. The maximum absolute atomic E-state index is 10.7. The molecule has 0 bridgehead atoms. The van der Waals surface area contributed by atoms with E-state index in [0.717, 1.165) is 24.2 Å². The fourth-order valence-electron chi connectivity index (χ4n) is 1.64. The first-order valence-electron chi connectivity index (χ1n) is 6.22. The summed E-state index contributed by atoms with van der Waals surface area (Å²) in [5, 5.41) is 4.91. The Balaban J connectivity index is 2.10. The summed E-state index contributed by atoms with van der Waals surface area (Å²) in [6.07, 6.45) is 2.22. The summed E-state index contributed by atoms with van der Waals surface area (Å²) in [5.41, 5.74) is 1.06. The molecule has 0 fully saturated rings. The van der Waals surface area contributed by atoms with Crippen LogP contribution in [0, 0.1) is 0 Å². The van der Waals surface area contributed by atoms with Crippen molar-refractivity contribution in [2.75, 3.05) is 19.5 Å². The zero-order valence-electron chi connectivity index (χ0n) is 11.2. The highest BCUT2D eigenvalue weighted by Gasteiger charge is 2.01. The van der Waals surface area contributed by atoms with Crippen LogP contribution in [-0.4, -0.2) is 27.9 Å². The van der Waals surface area contributed by atoms with Crippen molar-refractivity contribution in [2.45, 2.75) is 25.9 Å². The molecule has 19 heavy (non-hydrogen) atoms. The number of sulfonamides is 1. The topological polar surface area (TPSA) is 78.6 Å². The van der Waals surface area contributed by atoms with Crippen LogP contribution in [-0.2, 0) is 21.4 Å². The molecule has 6 heteroatoms. The van der Waals surface area contributed by atoms with E-state index in [1.807, 2.05) is 24.3 Å². The number of nitrogens with two attached hydrogens (primary N) is 1. The minimum Gasteiger partial charge on any atom is -0.497 e. The summed E-state index contributed by atoms with van der Waals surface area (Å²) in [6, 6.07) is 7.71. The third kappa shape index (κ3) is 7.81. The molecule has 0 aliphatic rings. The van der Waals surface area contributed by atoms with Crippen LogP contribution in [0.2, 0.25) is 0 Å². The highest BCUT2D eigenvalue weighted by Crippen LogP contribution is 2.13. The minimum absolute atomic E-state index is 0.0445. The predicted octanol–water partition coefficient (Wildman–Crippen LogP) is 1.67. The maximum atomic E-state index is 10.7. The van der Waals surface area contributed by atoms with Crippen molar-refractivity contribution in [3.63, 3.8) is 0 Å². The molecule has 0 aliphatic carbocycles. The molecular formula is C13H21NO4S. The van der Waals surface area contributed by atoms with Crippen molar-refractivity contribution in [1.82, 2.24) is 0 Å². The molecular weight excluding hydrogens is 266 g/mol. The van der Waals surface area contributed by atoms with E-state index in [-0.39, 0.29) is 5.75 Å². The van der Waals surface area contributed by atoms with Gasteiger partial charge in [-0.05, 0) is 30.5 Å². The molecule has 1 aromatic carbocycles. The molecule has 0 amide bonds. The molecule has 0 atom stereocenters. The van der Waals surface area contributed by atoms with E-state index in [1.165, 1.54) is 0 Å². The van der Waals surface area contributed by atoms with Crippen molar-refractivity contribution in [1.29, 1.82) is 0 Å². The monoisotopic (exact) mass is 287 g/mol. The second-order valence-corrected chi connectivity index (χ2v) is 6.07. The molecule has 0 spiro atoms. The highest BCUT2D eigenvalue weighted by atomic mass is 32.2. The maximum Gasteiger partial charge on any atom is 0.209 e. The van der Waals surface area contributed by atoms with Crippen molar-refractivity contribution < 1.29 is 17.9 Å². The summed E-state index contributed by atoms with van der Waals surface area (Å²) in [4.78, 5) is 0. The van der Waals surface area contributed by atoms with Crippen molar-refractivity contribution in [3.05, 3.63) is 29.8 Å². The number of hydrogen-bond donors (Lipinski definition) is 1. The largest absolute Gasteiger partial charge is 0.497 e. The van der Waals surface area contributed by atoms with E-state index in [0.29, 0.717) is 19.6 Å². The fraction of sp³-hybridized carbons (Fsp3) is 0.538. The smallest absolute Gasteiger partial charge is 0.209 e. The van der Waals surface area contributed by atoms with Gasteiger partial charge in [0.25, 0.3) is 0 Å². The summed E-state index contributed by atoms with van der Waals surface area (Å²) in [7, 11) is -1.69. The summed E-state index contributed by atoms with van der Waals surface area (Å²) in [5.74, 6) is 0.859. The van der Waals surface area contributed by atoms with Crippen LogP contribution >= 0.6 is 0 Å². The zero-order valence-corrected chi connectivity index (χ0v) is 12.0. The van der Waals surface area contributed by atoms with Crippen LogP contribution in [0.5, 0.6) is 5.75 Å². The number of benzene rings is 1. The Morgan fingerprint density at radius 1 is 1.21 bits per heavy atom. The van der Waals surface area contributed by atoms with Gasteiger partial charge in [-0.1, -0.05) is 18.6 Å². The van der Waals surface area contributed by atoms with Crippen LogP contribution in [0.1, 0.15) is 24.8 Å². The first-order valence-corrected chi connectivity index (χ1v) is 7.94. The van der Waals surface area contributed by atoms with Gasteiger partial charge < -0.3 is 9.47 Å². The van der Waals surface area contributed by atoms with E-state index >= 15 is 0 Å². The Morgan fingerprint density at radius 3 is 2.68 bits per heavy atom. The minimum atomic E-state index is -3.32. The molecule has 0 radical (unpaired) electrons. The Hall–Kier alpha value is -1.11. The van der Waals surface area contributed by atoms with Crippen LogP contribution < -0.4 is 9.88 Å². The molecule has 0 saturated carbocycles. The predicted molar refractivity (Wildman–Crippen MR) is 74.5 cm³/mol. The van der Waals surface area contributed by atoms with Gasteiger partial charge in [-0.2, -0.15) is 0 Å². The standard InChI is InChI=1S/C13H21NO4S/c1-17-13-7-5-6-12(10-13)11-18-8-3-2-4-9-19(14,15)16/h5-7,10H,2-4,8-9,11H2,1H3,(H2,14,15,16). The summed E-state index contributed by atoms with van der Waals surface area (Å²) in [6.45, 7) is 1.15. The number of rotatable bonds is 9. The average Bonchev–Trinajstić information content (AvgIpc) is 2.36. The quantitative estimate of drug-likeness (QED) is 0.701. The number of unbranched alkanes of at least 4 members (excludes halogenated alkanes) is 2. The number of primary sulfonamides is 1. The van der Waals surface area contributed by atoms with Gasteiger partial charge in [0.2, 0.25) is 10.0 Å². The van der Waals surface area contributed by atoms with Gasteiger partial charge >= 0.3 is 0 Å². The van der Waals surface area contributed by atoms with Crippen molar-refractivity contribution >= 4 is 10.0 Å². The van der Waals surface area contributed by atoms with Gasteiger partial charge in [0.1, 0.15) is 5.75 Å². The van der Waals surface area contributed by atoms with E-state index < -0.39 is 10.0 Å². The van der Waals surface area contributed by atoms with Gasteiger partial charge in [-0.15, -0.1) is 0 Å². The summed E-state index contributed by atoms with van der Waals surface area (Å²) < 4.78 is 32.0. The van der Waals surface area contributed by atoms with Gasteiger partial charge in [-0.3, -0.25) is 0 Å². The Morgan fingerprint density at radius 2 is 2.00 bits per heavy atom. The second kappa shape index (κ2) is 8.14. The van der Waals surface area contributed by atoms with Crippen molar-refractivity contribution in [3.8, 4) is 5.75 Å². The van der Waals surface area contributed by atoms with Crippen LogP contribution in [0.15, 0.2) is 24.3 Å². The molecule has 0 unspecified atom stereocenters. The van der Waals surface area contributed by atoms with Gasteiger partial charge in [-0.25, -0.2) is 13.6 Å². The molecule has 108 valence electrons. The van der Waals surface area contributed by atoms with E-state index in [2.05, 4.69) is 0 Å². The number of hydrogen-bond acceptors (Lipinski definition) is 4. The molecule has 1 rings (SSSR count). The van der Waals surface area contributed by atoms with Gasteiger partial charge in [0.15, 0.2) is 0 Å². The van der Waals surface area contributed by atoms with E-state index in [1.54, 1.807) is 7.11 Å². The summed E-state index contributed by atoms with van der Waals surface area (Å²) >= 11 is 0. The lowest BCUT2D eigenvalue weighted by molar-refractivity contribution is 0.117. The highest BCUT2D eigenvalue weighted by molar-refractivity contribution is 7.89. The molecule has 1 aromatic rings. The Bertz CT molecular complexity index is 473. The molecule has 0 aliphatic heterocycles. The average molecular weight is 287 g/mol. The lowest BCUT2D eigenvalue weighted by Gasteiger charge is -2.06.